The van der Waals surface area contributed by atoms with E-state index in [0.29, 0.717) is 5.56 Å². The molecule has 2 aromatic carbocycles. The fourth-order valence-corrected chi connectivity index (χ4v) is 4.00. The van der Waals surface area contributed by atoms with Gasteiger partial charge in [0, 0.05) is 34.8 Å². The SMILES string of the molecule is C=S(C)(=O)c1ccc(Oc2cc(F)cc(C#N)c2)c2c1C(O)C(F)C2. The summed E-state index contributed by atoms with van der Waals surface area (Å²) in [4.78, 5) is 0.277. The maximum Gasteiger partial charge on any atom is 0.134 e. The Hall–Kier alpha value is -2.43. The van der Waals surface area contributed by atoms with Gasteiger partial charge in [0.1, 0.15) is 29.6 Å². The van der Waals surface area contributed by atoms with Crippen LogP contribution in [0.5, 0.6) is 11.5 Å². The second kappa shape index (κ2) is 6.14. The van der Waals surface area contributed by atoms with Crippen molar-refractivity contribution in [3.05, 3.63) is 52.8 Å². The average Bonchev–Trinajstić information content (AvgIpc) is 2.82. The molecule has 3 rings (SSSR count). The van der Waals surface area contributed by atoms with Gasteiger partial charge in [-0.2, -0.15) is 5.26 Å². The van der Waals surface area contributed by atoms with Gasteiger partial charge in [0.15, 0.2) is 0 Å². The number of ether oxygens (including phenoxy) is 1. The van der Waals surface area contributed by atoms with Crippen LogP contribution in [-0.4, -0.2) is 27.6 Å². The van der Waals surface area contributed by atoms with Crippen LogP contribution in [0.2, 0.25) is 0 Å². The Morgan fingerprint density at radius 2 is 2.12 bits per heavy atom. The van der Waals surface area contributed by atoms with Crippen LogP contribution in [0.25, 0.3) is 0 Å². The number of alkyl halides is 1. The van der Waals surface area contributed by atoms with Crippen molar-refractivity contribution in [2.45, 2.75) is 23.6 Å². The van der Waals surface area contributed by atoms with Crippen LogP contribution >= 0.6 is 0 Å². The third kappa shape index (κ3) is 3.23. The van der Waals surface area contributed by atoms with E-state index in [1.54, 1.807) is 0 Å². The molecule has 0 aliphatic heterocycles. The minimum Gasteiger partial charge on any atom is -0.457 e. The fraction of sp³-hybridized carbons (Fsp3) is 0.222. The number of nitriles is 1. The summed E-state index contributed by atoms with van der Waals surface area (Å²) in [5, 5.41) is 19.0. The number of fused-ring (bicyclic) bond motifs is 1. The van der Waals surface area contributed by atoms with Gasteiger partial charge in [0.25, 0.3) is 0 Å². The molecular weight excluding hydrogens is 348 g/mol. The zero-order chi connectivity index (χ0) is 18.4. The highest BCUT2D eigenvalue weighted by Gasteiger charge is 2.36. The van der Waals surface area contributed by atoms with Gasteiger partial charge in [-0.05, 0) is 39.7 Å². The molecule has 1 aliphatic carbocycles. The second-order valence-electron chi connectivity index (χ2n) is 6.01. The van der Waals surface area contributed by atoms with Crippen LogP contribution in [0, 0.1) is 17.1 Å². The Morgan fingerprint density at radius 3 is 2.76 bits per heavy atom. The van der Waals surface area contributed by atoms with Crippen LogP contribution in [0.3, 0.4) is 0 Å². The standard InChI is InChI=1S/C18H15F2NO3S/c1-25(2,23)16-4-3-15(13-8-14(20)18(22)17(13)16)24-12-6-10(9-21)5-11(19)7-12/h3-7,14,18,22H,1,8H2,2H3. The maximum absolute atomic E-state index is 14.1. The molecule has 3 unspecified atom stereocenters. The summed E-state index contributed by atoms with van der Waals surface area (Å²) in [6.07, 6.45) is -1.68. The summed E-state index contributed by atoms with van der Waals surface area (Å²) in [6, 6.07) is 8.30. The van der Waals surface area contributed by atoms with Gasteiger partial charge in [-0.3, -0.25) is 4.21 Å². The highest BCUT2D eigenvalue weighted by molar-refractivity contribution is 7.99. The van der Waals surface area contributed by atoms with Crippen molar-refractivity contribution in [2.75, 3.05) is 6.26 Å². The van der Waals surface area contributed by atoms with E-state index >= 15 is 0 Å². The summed E-state index contributed by atoms with van der Waals surface area (Å²) in [5.74, 6) is 3.25. The fourth-order valence-electron chi connectivity index (χ4n) is 2.93. The molecule has 1 aliphatic rings. The first-order valence-corrected chi connectivity index (χ1v) is 9.53. The molecule has 0 heterocycles. The number of aliphatic hydroxyl groups excluding tert-OH is 1. The summed E-state index contributed by atoms with van der Waals surface area (Å²) in [5.41, 5.74) is 0.670. The molecule has 4 nitrogen and oxygen atoms in total. The van der Waals surface area contributed by atoms with Gasteiger partial charge < -0.3 is 9.84 Å². The Labute approximate surface area is 144 Å². The summed E-state index contributed by atoms with van der Waals surface area (Å²) in [6.45, 7) is 0. The van der Waals surface area contributed by atoms with Crippen LogP contribution in [0.15, 0.2) is 35.2 Å². The van der Waals surface area contributed by atoms with Gasteiger partial charge in [-0.1, -0.05) is 0 Å². The first-order chi connectivity index (χ1) is 11.7. The summed E-state index contributed by atoms with van der Waals surface area (Å²) < 4.78 is 45.6. The number of aliphatic hydroxyl groups is 1. The topological polar surface area (TPSA) is 70.3 Å². The van der Waals surface area contributed by atoms with Gasteiger partial charge >= 0.3 is 0 Å². The molecule has 0 bridgehead atoms. The van der Waals surface area contributed by atoms with E-state index in [1.807, 2.05) is 6.07 Å². The normalized spacial score (nSPS) is 21.2. The Morgan fingerprint density at radius 1 is 1.40 bits per heavy atom. The van der Waals surface area contributed by atoms with E-state index in [9.17, 15) is 18.1 Å². The molecule has 0 saturated carbocycles. The van der Waals surface area contributed by atoms with Crippen molar-refractivity contribution >= 4 is 15.4 Å². The number of rotatable bonds is 3. The van der Waals surface area contributed by atoms with Crippen molar-refractivity contribution in [2.24, 2.45) is 0 Å². The van der Waals surface area contributed by atoms with Crippen LogP contribution < -0.4 is 4.74 Å². The molecule has 0 amide bonds. The third-order valence-electron chi connectivity index (χ3n) is 4.00. The number of benzene rings is 2. The monoisotopic (exact) mass is 363 g/mol. The lowest BCUT2D eigenvalue weighted by Gasteiger charge is -2.16. The van der Waals surface area contributed by atoms with Crippen LogP contribution in [-0.2, 0) is 15.9 Å². The van der Waals surface area contributed by atoms with Crippen molar-refractivity contribution in [3.63, 3.8) is 0 Å². The summed E-state index contributed by atoms with van der Waals surface area (Å²) >= 11 is 0. The first kappa shape index (κ1) is 17.4. The zero-order valence-electron chi connectivity index (χ0n) is 13.3. The summed E-state index contributed by atoms with van der Waals surface area (Å²) in [7, 11) is -2.68. The number of hydrogen-bond donors (Lipinski definition) is 1. The largest absolute Gasteiger partial charge is 0.457 e. The van der Waals surface area contributed by atoms with Crippen molar-refractivity contribution in [1.82, 2.24) is 0 Å². The Balaban J connectivity index is 2.11. The molecule has 130 valence electrons. The lowest BCUT2D eigenvalue weighted by Crippen LogP contribution is -2.10. The molecule has 0 fully saturated rings. The third-order valence-corrected chi connectivity index (χ3v) is 5.29. The Bertz CT molecular complexity index is 996. The predicted octanol–water partition coefficient (Wildman–Crippen LogP) is 3.12. The minimum absolute atomic E-state index is 0.0788. The average molecular weight is 363 g/mol. The lowest BCUT2D eigenvalue weighted by atomic mass is 10.1. The van der Waals surface area contributed by atoms with Crippen LogP contribution in [0.4, 0.5) is 8.78 Å². The van der Waals surface area contributed by atoms with Crippen molar-refractivity contribution in [1.29, 1.82) is 5.26 Å². The molecule has 3 atom stereocenters. The maximum atomic E-state index is 14.1. The van der Waals surface area contributed by atoms with Crippen LogP contribution in [0.1, 0.15) is 22.8 Å². The molecule has 2 aromatic rings. The highest BCUT2D eigenvalue weighted by Crippen LogP contribution is 2.43. The minimum atomic E-state index is -2.68. The van der Waals surface area contributed by atoms with Gasteiger partial charge in [-0.25, -0.2) is 8.78 Å². The van der Waals surface area contributed by atoms with Gasteiger partial charge in [0.05, 0.1) is 11.6 Å². The molecule has 0 radical (unpaired) electrons. The Kier molecular flexibility index (Phi) is 4.27. The molecule has 0 saturated heterocycles. The molecule has 0 aromatic heterocycles. The highest BCUT2D eigenvalue weighted by atomic mass is 32.2. The number of halogens is 2. The molecular formula is C18H15F2NO3S. The number of nitrogens with zero attached hydrogens (tertiary/aromatic N) is 1. The molecule has 0 spiro atoms. The predicted molar refractivity (Wildman–Crippen MR) is 90.6 cm³/mol. The van der Waals surface area contributed by atoms with Crippen molar-refractivity contribution in [3.8, 4) is 17.6 Å². The molecule has 1 N–H and O–H groups in total. The zero-order valence-corrected chi connectivity index (χ0v) is 14.1. The van der Waals surface area contributed by atoms with Gasteiger partial charge in [-0.15, -0.1) is 0 Å². The smallest absolute Gasteiger partial charge is 0.134 e. The van der Waals surface area contributed by atoms with E-state index in [-0.39, 0.29) is 33.9 Å². The van der Waals surface area contributed by atoms with Gasteiger partial charge in [0.2, 0.25) is 0 Å². The van der Waals surface area contributed by atoms with Crippen molar-refractivity contribution < 1.29 is 22.8 Å². The van der Waals surface area contributed by atoms with E-state index in [4.69, 9.17) is 10.00 Å². The molecule has 7 heteroatoms. The first-order valence-electron chi connectivity index (χ1n) is 7.39. The van der Waals surface area contributed by atoms with E-state index in [2.05, 4.69) is 5.87 Å². The second-order valence-corrected chi connectivity index (χ2v) is 8.46. The lowest BCUT2D eigenvalue weighted by molar-refractivity contribution is 0.0908. The van der Waals surface area contributed by atoms with E-state index < -0.39 is 27.6 Å². The quantitative estimate of drug-likeness (QED) is 0.851. The van der Waals surface area contributed by atoms with E-state index in [1.165, 1.54) is 24.5 Å². The number of hydrogen-bond acceptors (Lipinski definition) is 4. The van der Waals surface area contributed by atoms with E-state index in [0.717, 1.165) is 12.1 Å². The molecule has 25 heavy (non-hydrogen) atoms.